The van der Waals surface area contributed by atoms with Gasteiger partial charge in [0.15, 0.2) is 5.96 Å². The molecule has 1 N–H and O–H groups in total. The van der Waals surface area contributed by atoms with Gasteiger partial charge in [-0.2, -0.15) is 0 Å². The third kappa shape index (κ3) is 4.56. The molecular weight excluding hydrogens is 477 g/mol. The maximum atomic E-state index is 6.05. The minimum absolute atomic E-state index is 0. The predicted octanol–water partition coefficient (Wildman–Crippen LogP) is 3.65. The van der Waals surface area contributed by atoms with Crippen LogP contribution < -0.4 is 5.32 Å². The molecule has 1 saturated heterocycles. The first-order valence-corrected chi connectivity index (χ1v) is 9.70. The lowest BCUT2D eigenvalue weighted by Crippen LogP contribution is -2.48. The highest BCUT2D eigenvalue weighted by Gasteiger charge is 2.25. The molecule has 0 saturated carbocycles. The van der Waals surface area contributed by atoms with Gasteiger partial charge < -0.3 is 19.5 Å². The maximum absolute atomic E-state index is 6.05. The second-order valence-electron chi connectivity index (χ2n) is 7.14. The van der Waals surface area contributed by atoms with E-state index >= 15 is 0 Å². The number of morpholine rings is 1. The fraction of sp³-hybridized carbons (Fsp3) is 0.364. The van der Waals surface area contributed by atoms with Gasteiger partial charge in [-0.3, -0.25) is 4.99 Å². The second-order valence-corrected chi connectivity index (χ2v) is 7.14. The van der Waals surface area contributed by atoms with E-state index in [1.807, 2.05) is 25.2 Å². The Labute approximate surface area is 189 Å². The van der Waals surface area contributed by atoms with Crippen molar-refractivity contribution in [3.63, 3.8) is 0 Å². The number of aromatic nitrogens is 2. The second kappa shape index (κ2) is 9.58. The number of guanidine groups is 1. The Balaban J connectivity index is 0.00000240. The van der Waals surface area contributed by atoms with E-state index in [1.165, 1.54) is 11.1 Å². The highest BCUT2D eigenvalue weighted by atomic mass is 127. The molecule has 3 aromatic rings. The molecule has 4 rings (SSSR count). The number of para-hydroxylation sites is 2. The number of aliphatic imine (C=N–C) groups is 1. The number of benzene rings is 2. The zero-order valence-electron chi connectivity index (χ0n) is 17.1. The molecule has 7 heteroatoms. The summed E-state index contributed by atoms with van der Waals surface area (Å²) in [6, 6.07) is 16.6. The molecule has 29 heavy (non-hydrogen) atoms. The van der Waals surface area contributed by atoms with E-state index in [9.17, 15) is 0 Å². The van der Waals surface area contributed by atoms with Gasteiger partial charge in [0.25, 0.3) is 0 Å². The Kier molecular flexibility index (Phi) is 7.13. The van der Waals surface area contributed by atoms with Crippen LogP contribution in [0, 0.1) is 6.92 Å². The van der Waals surface area contributed by atoms with Crippen LogP contribution >= 0.6 is 24.0 Å². The average Bonchev–Trinajstić information content (AvgIpc) is 3.05. The number of hydrogen-bond acceptors (Lipinski definition) is 3. The van der Waals surface area contributed by atoms with Crippen molar-refractivity contribution < 1.29 is 4.74 Å². The van der Waals surface area contributed by atoms with E-state index in [2.05, 4.69) is 64.1 Å². The SMILES string of the molecule is CN=C(NCc1nc2ccccc2n1C)N1CCOC(c2ccccc2C)C1.I. The molecule has 1 aromatic heterocycles. The molecule has 1 fully saturated rings. The highest BCUT2D eigenvalue weighted by Crippen LogP contribution is 2.25. The van der Waals surface area contributed by atoms with Crippen molar-refractivity contribution >= 4 is 41.0 Å². The van der Waals surface area contributed by atoms with Crippen molar-refractivity contribution in [3.8, 4) is 0 Å². The lowest BCUT2D eigenvalue weighted by molar-refractivity contribution is -0.00835. The number of rotatable bonds is 3. The summed E-state index contributed by atoms with van der Waals surface area (Å²) in [5, 5.41) is 3.48. The number of aryl methyl sites for hydroxylation is 2. The van der Waals surface area contributed by atoms with E-state index in [0.717, 1.165) is 35.9 Å². The molecule has 1 aliphatic rings. The first-order valence-electron chi connectivity index (χ1n) is 9.70. The summed E-state index contributed by atoms with van der Waals surface area (Å²) in [7, 11) is 3.88. The monoisotopic (exact) mass is 505 g/mol. The molecule has 0 spiro atoms. The first kappa shape index (κ1) is 21.6. The van der Waals surface area contributed by atoms with E-state index in [1.54, 1.807) is 0 Å². The van der Waals surface area contributed by atoms with Crippen LogP contribution in [0.2, 0.25) is 0 Å². The number of hydrogen-bond donors (Lipinski definition) is 1. The van der Waals surface area contributed by atoms with Crippen molar-refractivity contribution in [3.05, 3.63) is 65.5 Å². The van der Waals surface area contributed by atoms with Gasteiger partial charge in [0.1, 0.15) is 11.9 Å². The molecule has 1 atom stereocenters. The molecule has 1 unspecified atom stereocenters. The summed E-state index contributed by atoms with van der Waals surface area (Å²) in [5.74, 6) is 1.88. The minimum atomic E-state index is 0. The lowest BCUT2D eigenvalue weighted by Gasteiger charge is -2.35. The van der Waals surface area contributed by atoms with Crippen LogP contribution in [-0.2, 0) is 18.3 Å². The Morgan fingerprint density at radius 3 is 2.72 bits per heavy atom. The molecule has 6 nitrogen and oxygen atoms in total. The third-order valence-electron chi connectivity index (χ3n) is 5.40. The Bertz CT molecular complexity index is 1000. The largest absolute Gasteiger partial charge is 0.370 e. The molecule has 2 aromatic carbocycles. The summed E-state index contributed by atoms with van der Waals surface area (Å²) in [4.78, 5) is 11.5. The topological polar surface area (TPSA) is 54.7 Å². The number of halogens is 1. The average molecular weight is 505 g/mol. The summed E-state index contributed by atoms with van der Waals surface area (Å²) in [5.41, 5.74) is 4.66. The summed E-state index contributed by atoms with van der Waals surface area (Å²) in [6.45, 7) is 5.06. The first-order chi connectivity index (χ1) is 13.7. The molecule has 0 radical (unpaired) electrons. The fourth-order valence-corrected chi connectivity index (χ4v) is 3.82. The fourth-order valence-electron chi connectivity index (χ4n) is 3.82. The van der Waals surface area contributed by atoms with Crippen LogP contribution in [0.25, 0.3) is 11.0 Å². The van der Waals surface area contributed by atoms with E-state index in [4.69, 9.17) is 9.72 Å². The van der Waals surface area contributed by atoms with Crippen LogP contribution in [0.15, 0.2) is 53.5 Å². The zero-order chi connectivity index (χ0) is 19.5. The van der Waals surface area contributed by atoms with Gasteiger partial charge >= 0.3 is 0 Å². The van der Waals surface area contributed by atoms with Gasteiger partial charge in [0.05, 0.1) is 30.7 Å². The maximum Gasteiger partial charge on any atom is 0.194 e. The number of nitrogens with one attached hydrogen (secondary N) is 1. The summed E-state index contributed by atoms with van der Waals surface area (Å²) in [6.07, 6.45) is 0.0595. The van der Waals surface area contributed by atoms with E-state index < -0.39 is 0 Å². The number of ether oxygens (including phenoxy) is 1. The number of fused-ring (bicyclic) bond motifs is 1. The van der Waals surface area contributed by atoms with Crippen LogP contribution in [0.1, 0.15) is 23.1 Å². The van der Waals surface area contributed by atoms with Gasteiger partial charge in [-0.1, -0.05) is 36.4 Å². The Morgan fingerprint density at radius 1 is 1.21 bits per heavy atom. The number of imidazole rings is 1. The van der Waals surface area contributed by atoms with E-state index in [-0.39, 0.29) is 30.1 Å². The highest BCUT2D eigenvalue weighted by molar-refractivity contribution is 14.0. The van der Waals surface area contributed by atoms with Gasteiger partial charge in [-0.25, -0.2) is 4.98 Å². The van der Waals surface area contributed by atoms with Crippen molar-refractivity contribution in [2.45, 2.75) is 19.6 Å². The van der Waals surface area contributed by atoms with Gasteiger partial charge in [-0.15, -0.1) is 24.0 Å². The molecular formula is C22H28IN5O. The summed E-state index contributed by atoms with van der Waals surface area (Å²) < 4.78 is 8.18. The molecule has 0 bridgehead atoms. The standard InChI is InChI=1S/C22H27N5O.HI/c1-16-8-4-5-9-17(16)20-15-27(12-13-28-20)22(23-2)24-14-21-25-18-10-6-7-11-19(18)26(21)3;/h4-11,20H,12-15H2,1-3H3,(H,23,24);1H. The normalized spacial score (nSPS) is 17.3. The van der Waals surface area contributed by atoms with Crippen LogP contribution in [0.3, 0.4) is 0 Å². The van der Waals surface area contributed by atoms with Crippen LogP contribution in [0.4, 0.5) is 0 Å². The molecule has 154 valence electrons. The van der Waals surface area contributed by atoms with Crippen molar-refractivity contribution in [1.82, 2.24) is 19.8 Å². The quantitative estimate of drug-likeness (QED) is 0.336. The number of nitrogens with zero attached hydrogens (tertiary/aromatic N) is 4. The Hall–Kier alpha value is -2.13. The van der Waals surface area contributed by atoms with Gasteiger partial charge in [0, 0.05) is 20.6 Å². The van der Waals surface area contributed by atoms with Crippen LogP contribution in [0.5, 0.6) is 0 Å². The molecule has 0 amide bonds. The zero-order valence-corrected chi connectivity index (χ0v) is 19.5. The molecule has 0 aliphatic carbocycles. The van der Waals surface area contributed by atoms with Gasteiger partial charge in [-0.05, 0) is 30.2 Å². The van der Waals surface area contributed by atoms with Crippen molar-refractivity contribution in [1.29, 1.82) is 0 Å². The molecule has 1 aliphatic heterocycles. The van der Waals surface area contributed by atoms with Crippen molar-refractivity contribution in [2.75, 3.05) is 26.7 Å². The predicted molar refractivity (Wildman–Crippen MR) is 128 cm³/mol. The smallest absolute Gasteiger partial charge is 0.194 e. The lowest BCUT2D eigenvalue weighted by atomic mass is 10.0. The van der Waals surface area contributed by atoms with Crippen LogP contribution in [-0.4, -0.2) is 47.2 Å². The van der Waals surface area contributed by atoms with Crippen molar-refractivity contribution in [2.24, 2.45) is 12.0 Å². The Morgan fingerprint density at radius 2 is 1.97 bits per heavy atom. The van der Waals surface area contributed by atoms with E-state index in [0.29, 0.717) is 13.2 Å². The third-order valence-corrected chi connectivity index (χ3v) is 5.40. The molecule has 2 heterocycles. The summed E-state index contributed by atoms with van der Waals surface area (Å²) >= 11 is 0. The minimum Gasteiger partial charge on any atom is -0.370 e. The van der Waals surface area contributed by atoms with Gasteiger partial charge in [0.2, 0.25) is 0 Å².